The van der Waals surface area contributed by atoms with Crippen molar-refractivity contribution in [1.29, 1.82) is 0 Å². The molecule has 1 amide bonds. The van der Waals surface area contributed by atoms with E-state index < -0.39 is 0 Å². The van der Waals surface area contributed by atoms with Crippen LogP contribution in [0, 0.1) is 5.92 Å². The molecule has 4 atom stereocenters. The van der Waals surface area contributed by atoms with Crippen molar-refractivity contribution in [3.63, 3.8) is 0 Å². The molecule has 0 aliphatic carbocycles. The second kappa shape index (κ2) is 6.29. The highest BCUT2D eigenvalue weighted by atomic mass is 16.1. The number of benzene rings is 1. The molecule has 0 aromatic heterocycles. The second-order valence-electron chi connectivity index (χ2n) is 6.10. The van der Waals surface area contributed by atoms with Crippen LogP contribution in [0.25, 0.3) is 0 Å². The highest BCUT2D eigenvalue weighted by Gasteiger charge is 2.30. The van der Waals surface area contributed by atoms with E-state index in [1.165, 1.54) is 0 Å². The predicted octanol–water partition coefficient (Wildman–Crippen LogP) is 3.53. The van der Waals surface area contributed by atoms with Gasteiger partial charge < -0.3 is 10.6 Å². The maximum atomic E-state index is 12.6. The van der Waals surface area contributed by atoms with Gasteiger partial charge in [0.25, 0.3) is 0 Å². The lowest BCUT2D eigenvalue weighted by Gasteiger charge is -2.32. The fraction of sp³-hybridized carbons (Fsp3) is 0.588. The summed E-state index contributed by atoms with van der Waals surface area (Å²) in [7, 11) is 0. The molecule has 3 nitrogen and oxygen atoms in total. The van der Waals surface area contributed by atoms with Crippen LogP contribution in [0.3, 0.4) is 0 Å². The average molecular weight is 274 g/mol. The van der Waals surface area contributed by atoms with Crippen molar-refractivity contribution in [3.05, 3.63) is 29.8 Å². The van der Waals surface area contributed by atoms with Gasteiger partial charge in [0.15, 0.2) is 0 Å². The van der Waals surface area contributed by atoms with Crippen molar-refractivity contribution >= 4 is 11.6 Å². The molecular formula is C17H26N2O. The quantitative estimate of drug-likeness (QED) is 0.882. The molecule has 0 fully saturated rings. The Labute approximate surface area is 122 Å². The Morgan fingerprint density at radius 3 is 2.80 bits per heavy atom. The van der Waals surface area contributed by atoms with Gasteiger partial charge in [0.05, 0.1) is 5.92 Å². The topological polar surface area (TPSA) is 41.1 Å². The molecule has 0 saturated heterocycles. The van der Waals surface area contributed by atoms with Gasteiger partial charge in [-0.25, -0.2) is 0 Å². The van der Waals surface area contributed by atoms with E-state index in [0.717, 1.165) is 24.1 Å². The Hall–Kier alpha value is -1.51. The smallest absolute Gasteiger partial charge is 0.227 e. The average Bonchev–Trinajstić information content (AvgIpc) is 2.45. The number of carbonyl (C=O) groups is 1. The summed E-state index contributed by atoms with van der Waals surface area (Å²) < 4.78 is 0. The number of hydrogen-bond acceptors (Lipinski definition) is 2. The van der Waals surface area contributed by atoms with Crippen LogP contribution in [0.4, 0.5) is 5.69 Å². The zero-order valence-electron chi connectivity index (χ0n) is 12.9. The van der Waals surface area contributed by atoms with E-state index in [-0.39, 0.29) is 17.9 Å². The van der Waals surface area contributed by atoms with Crippen LogP contribution in [0.1, 0.15) is 52.0 Å². The molecule has 20 heavy (non-hydrogen) atoms. The van der Waals surface area contributed by atoms with Crippen molar-refractivity contribution < 1.29 is 4.79 Å². The molecule has 1 aliphatic rings. The van der Waals surface area contributed by atoms with Crippen molar-refractivity contribution in [2.75, 3.05) is 5.32 Å². The Kier molecular flexibility index (Phi) is 4.69. The molecule has 0 spiro atoms. The third-order valence-corrected chi connectivity index (χ3v) is 4.51. The van der Waals surface area contributed by atoms with Gasteiger partial charge in [0.2, 0.25) is 5.91 Å². The molecule has 1 aliphatic heterocycles. The zero-order chi connectivity index (χ0) is 14.7. The van der Waals surface area contributed by atoms with E-state index >= 15 is 0 Å². The molecule has 1 aromatic carbocycles. The lowest BCUT2D eigenvalue weighted by molar-refractivity contribution is -0.123. The number of carbonyl (C=O) groups excluding carboxylic acids is 1. The van der Waals surface area contributed by atoms with Crippen LogP contribution in [-0.2, 0) is 4.79 Å². The van der Waals surface area contributed by atoms with E-state index in [1.54, 1.807) is 0 Å². The SMILES string of the molecule is CCC(C)C(C)NC(=O)C1CC(C)Nc2ccccc21. The first-order valence-corrected chi connectivity index (χ1v) is 7.68. The maximum absolute atomic E-state index is 12.6. The summed E-state index contributed by atoms with van der Waals surface area (Å²) in [6.45, 7) is 8.58. The molecule has 0 radical (unpaired) electrons. The number of para-hydroxylation sites is 1. The van der Waals surface area contributed by atoms with Gasteiger partial charge in [-0.2, -0.15) is 0 Å². The van der Waals surface area contributed by atoms with Crippen molar-refractivity contribution in [2.45, 2.75) is 58.5 Å². The summed E-state index contributed by atoms with van der Waals surface area (Å²) in [6.07, 6.45) is 1.94. The summed E-state index contributed by atoms with van der Waals surface area (Å²) in [6, 6.07) is 8.70. The van der Waals surface area contributed by atoms with Crippen LogP contribution >= 0.6 is 0 Å². The maximum Gasteiger partial charge on any atom is 0.227 e. The molecule has 110 valence electrons. The molecular weight excluding hydrogens is 248 g/mol. The van der Waals surface area contributed by atoms with Gasteiger partial charge in [-0.3, -0.25) is 4.79 Å². The van der Waals surface area contributed by atoms with Gasteiger partial charge in [-0.15, -0.1) is 0 Å². The van der Waals surface area contributed by atoms with Gasteiger partial charge >= 0.3 is 0 Å². The molecule has 2 N–H and O–H groups in total. The summed E-state index contributed by atoms with van der Waals surface area (Å²) in [5.74, 6) is 0.640. The first-order valence-electron chi connectivity index (χ1n) is 7.68. The highest BCUT2D eigenvalue weighted by Crippen LogP contribution is 2.34. The largest absolute Gasteiger partial charge is 0.382 e. The standard InChI is InChI=1S/C17H26N2O/c1-5-11(2)13(4)19-17(20)15-10-12(3)18-16-9-7-6-8-14(15)16/h6-9,11-13,15,18H,5,10H2,1-4H3,(H,19,20). The molecule has 2 rings (SSSR count). The number of hydrogen-bond donors (Lipinski definition) is 2. The van der Waals surface area contributed by atoms with Crippen LogP contribution in [0.2, 0.25) is 0 Å². The van der Waals surface area contributed by atoms with E-state index in [1.807, 2.05) is 12.1 Å². The van der Waals surface area contributed by atoms with Gasteiger partial charge in [0.1, 0.15) is 0 Å². The Bertz CT molecular complexity index is 472. The summed E-state index contributed by atoms with van der Waals surface area (Å²) >= 11 is 0. The Morgan fingerprint density at radius 2 is 2.10 bits per heavy atom. The fourth-order valence-corrected chi connectivity index (χ4v) is 2.81. The number of amides is 1. The minimum atomic E-state index is -0.0334. The van der Waals surface area contributed by atoms with E-state index in [9.17, 15) is 4.79 Å². The summed E-state index contributed by atoms with van der Waals surface area (Å²) in [4.78, 5) is 12.6. The number of fused-ring (bicyclic) bond motifs is 1. The minimum absolute atomic E-state index is 0.0334. The molecule has 0 saturated carbocycles. The summed E-state index contributed by atoms with van der Waals surface area (Å²) in [5.41, 5.74) is 2.22. The minimum Gasteiger partial charge on any atom is -0.382 e. The van der Waals surface area contributed by atoms with Crippen molar-refractivity contribution in [3.8, 4) is 0 Å². The lowest BCUT2D eigenvalue weighted by atomic mass is 9.86. The zero-order valence-corrected chi connectivity index (χ0v) is 12.9. The van der Waals surface area contributed by atoms with Crippen LogP contribution in [0.5, 0.6) is 0 Å². The number of nitrogens with one attached hydrogen (secondary N) is 2. The van der Waals surface area contributed by atoms with Crippen LogP contribution in [0.15, 0.2) is 24.3 Å². The normalized spacial score (nSPS) is 24.2. The number of anilines is 1. The molecule has 1 aromatic rings. The van der Waals surface area contributed by atoms with Gasteiger partial charge in [-0.05, 0) is 37.8 Å². The first kappa shape index (κ1) is 14.9. The number of rotatable bonds is 4. The molecule has 1 heterocycles. The lowest BCUT2D eigenvalue weighted by Crippen LogP contribution is -2.42. The van der Waals surface area contributed by atoms with Gasteiger partial charge in [0, 0.05) is 17.8 Å². The molecule has 4 unspecified atom stereocenters. The summed E-state index contributed by atoms with van der Waals surface area (Å²) in [5, 5.41) is 6.65. The van der Waals surface area contributed by atoms with E-state index in [2.05, 4.69) is 50.5 Å². The third-order valence-electron chi connectivity index (χ3n) is 4.51. The Morgan fingerprint density at radius 1 is 1.40 bits per heavy atom. The van der Waals surface area contributed by atoms with Gasteiger partial charge in [-0.1, -0.05) is 38.5 Å². The van der Waals surface area contributed by atoms with E-state index in [0.29, 0.717) is 12.0 Å². The van der Waals surface area contributed by atoms with Crippen LogP contribution in [-0.4, -0.2) is 18.0 Å². The second-order valence-corrected chi connectivity index (χ2v) is 6.10. The fourth-order valence-electron chi connectivity index (χ4n) is 2.81. The molecule has 0 bridgehead atoms. The first-order chi connectivity index (χ1) is 9.52. The molecule has 3 heteroatoms. The third kappa shape index (κ3) is 3.14. The Balaban J connectivity index is 2.14. The van der Waals surface area contributed by atoms with Crippen molar-refractivity contribution in [2.24, 2.45) is 5.92 Å². The van der Waals surface area contributed by atoms with Crippen LogP contribution < -0.4 is 10.6 Å². The van der Waals surface area contributed by atoms with Crippen molar-refractivity contribution in [1.82, 2.24) is 5.32 Å². The monoisotopic (exact) mass is 274 g/mol. The predicted molar refractivity (Wildman–Crippen MR) is 83.9 cm³/mol. The van der Waals surface area contributed by atoms with E-state index in [4.69, 9.17) is 0 Å². The highest BCUT2D eigenvalue weighted by molar-refractivity contribution is 5.86.